The molecule has 5 rings (SSSR count). The van der Waals surface area contributed by atoms with Gasteiger partial charge in [-0.15, -0.1) is 10.2 Å². The normalized spacial score (nSPS) is 11.1. The summed E-state index contributed by atoms with van der Waals surface area (Å²) < 4.78 is 49.4. The number of hydrogen-bond acceptors (Lipinski definition) is 20. The predicted molar refractivity (Wildman–Crippen MR) is 185 cm³/mol. The largest absolute Gasteiger partial charge is 1.00 e. The number of nitrogens with one attached hydrogen (secondary N) is 3. The van der Waals surface area contributed by atoms with Crippen molar-refractivity contribution < 1.29 is 101 Å². The maximum Gasteiger partial charge on any atom is 1.00 e. The summed E-state index contributed by atoms with van der Waals surface area (Å²) in [5.74, 6) is 1.15. The summed E-state index contributed by atoms with van der Waals surface area (Å²) in [6.45, 7) is 0.00866. The number of benzene rings is 4. The van der Waals surface area contributed by atoms with Crippen LogP contribution in [0.2, 0.25) is 0 Å². The van der Waals surface area contributed by atoms with Gasteiger partial charge in [-0.05, 0) is 60.7 Å². The molecule has 23 heteroatoms. The summed E-state index contributed by atoms with van der Waals surface area (Å²) in [6, 6.07) is 21.9. The van der Waals surface area contributed by atoms with Crippen LogP contribution in [-0.2, 0) is 19.5 Å². The molecule has 0 aliphatic rings. The molecule has 54 heavy (non-hydrogen) atoms. The van der Waals surface area contributed by atoms with E-state index in [2.05, 4.69) is 60.7 Å². The van der Waals surface area contributed by atoms with Gasteiger partial charge in [0.05, 0.1) is 49.1 Å². The molecule has 0 saturated heterocycles. The smallest absolute Gasteiger partial charge is 0.744 e. The summed E-state index contributed by atoms with van der Waals surface area (Å²) in [4.78, 5) is 13.4. The number of methoxy groups -OCH3 is 2. The van der Waals surface area contributed by atoms with Crippen molar-refractivity contribution in [2.75, 3.05) is 43.3 Å². The molecule has 4 N–H and O–H groups in total. The van der Waals surface area contributed by atoms with E-state index < -0.39 is 15.0 Å². The minimum Gasteiger partial charge on any atom is -0.744 e. The Kier molecular flexibility index (Phi) is 18.1. The van der Waals surface area contributed by atoms with Crippen molar-refractivity contribution in [3.05, 3.63) is 84.9 Å². The number of nitrogens with zero attached hydrogens (tertiary/aromatic N) is 7. The van der Waals surface area contributed by atoms with Gasteiger partial charge in [0.1, 0.15) is 33.0 Å². The van der Waals surface area contributed by atoms with E-state index in [0.717, 1.165) is 18.1 Å². The molecule has 5 aromatic rings. The molecule has 1 aromatic heterocycles. The number of aliphatic hydroxyl groups excluding tert-OH is 1. The molecule has 0 aliphatic carbocycles. The van der Waals surface area contributed by atoms with Crippen LogP contribution in [0, 0.1) is 0 Å². The van der Waals surface area contributed by atoms with Crippen molar-refractivity contribution in [3.63, 3.8) is 0 Å². The first kappa shape index (κ1) is 44.6. The fourth-order valence-electron chi connectivity index (χ4n) is 4.24. The molecule has 19 nitrogen and oxygen atoms in total. The predicted octanol–water partition coefficient (Wildman–Crippen LogP) is -0.246. The molecule has 4 aromatic carbocycles. The van der Waals surface area contributed by atoms with Crippen LogP contribution in [0.3, 0.4) is 0 Å². The Labute approximate surface area is 357 Å². The first-order valence-corrected chi connectivity index (χ1v) is 17.0. The summed E-state index contributed by atoms with van der Waals surface area (Å²) in [5.41, 5.74) is 2.45. The molecule has 0 radical (unpaired) electrons. The van der Waals surface area contributed by atoms with E-state index in [-0.39, 0.29) is 95.8 Å². The van der Waals surface area contributed by atoms with E-state index in [1.165, 1.54) is 32.4 Å². The van der Waals surface area contributed by atoms with Crippen molar-refractivity contribution in [2.24, 2.45) is 20.5 Å². The summed E-state index contributed by atoms with van der Waals surface area (Å²) >= 11 is 0.736. The van der Waals surface area contributed by atoms with Gasteiger partial charge < -0.3 is 40.3 Å². The molecule has 0 unspecified atom stereocenters. The van der Waals surface area contributed by atoms with Gasteiger partial charge in [0, 0.05) is 34.9 Å². The third kappa shape index (κ3) is 13.2. The van der Waals surface area contributed by atoms with E-state index in [4.69, 9.17) is 9.47 Å². The van der Waals surface area contributed by atoms with Gasteiger partial charge in [0.15, 0.2) is 0 Å². The van der Waals surface area contributed by atoms with Crippen LogP contribution in [0.5, 0.6) is 11.5 Å². The van der Waals surface area contributed by atoms with Crippen LogP contribution >= 0.6 is 12.0 Å². The third-order valence-electron chi connectivity index (χ3n) is 6.53. The monoisotopic (exact) mass is 794 g/mol. The third-order valence-corrected chi connectivity index (χ3v) is 7.93. The molecule has 0 fully saturated rings. The maximum absolute atomic E-state index is 11.4. The minimum atomic E-state index is -4.65. The number of azo groups is 2. The zero-order valence-corrected chi connectivity index (χ0v) is 34.8. The van der Waals surface area contributed by atoms with Crippen molar-refractivity contribution >= 4 is 74.1 Å². The first-order chi connectivity index (χ1) is 25.2. The molecular weight excluding hydrogens is 767 g/mol. The topological polar surface area (TPSA) is 262 Å². The van der Waals surface area contributed by atoms with Gasteiger partial charge in [0.2, 0.25) is 17.8 Å². The van der Waals surface area contributed by atoms with Gasteiger partial charge in [-0.3, -0.25) is 5.04 Å². The van der Waals surface area contributed by atoms with E-state index in [1.54, 1.807) is 60.7 Å². The Morgan fingerprint density at radius 3 is 1.80 bits per heavy atom. The van der Waals surface area contributed by atoms with Crippen LogP contribution in [0.15, 0.2) is 115 Å². The number of aromatic nitrogens is 3. The van der Waals surface area contributed by atoms with Crippen molar-refractivity contribution in [1.82, 2.24) is 15.0 Å². The molecule has 0 spiro atoms. The molecule has 0 aliphatic heterocycles. The zero-order valence-electron chi connectivity index (χ0n) is 29.2. The van der Waals surface area contributed by atoms with Gasteiger partial charge in [-0.2, -0.15) is 29.5 Å². The van der Waals surface area contributed by atoms with Crippen LogP contribution in [-0.4, -0.2) is 60.4 Å². The first-order valence-electron chi connectivity index (χ1n) is 14.8. The second-order valence-corrected chi connectivity index (χ2v) is 12.2. The standard InChI is InChI=1S/C31H30N10O9S2.2Na/c1-47-27-17-19(9-11-25(27)40-38-21-5-3-7-23(15-21)51-50-49-43)33-30-35-29(32-13-14-42)36-31(37-30)34-20-10-12-26(28(18-20)48-2)41-39-22-6-4-8-24(16-22)52(44,45)46;;/h3-12,15-18,42-43H,13-14H2,1-2H3,(H,44,45,46)(H3,32,33,34,35,36,37);;/q;2*+1/p-2. The Balaban J connectivity index is 0.00000392. The number of hydrogen-bond donors (Lipinski definition) is 4. The van der Waals surface area contributed by atoms with Crippen LogP contribution in [0.4, 0.5) is 52.0 Å². The van der Waals surface area contributed by atoms with Crippen LogP contribution in [0.25, 0.3) is 0 Å². The van der Waals surface area contributed by atoms with Gasteiger partial charge in [-0.1, -0.05) is 12.1 Å². The Morgan fingerprint density at radius 1 is 0.741 bits per heavy atom. The average Bonchev–Trinajstić information content (AvgIpc) is 3.15. The number of rotatable bonds is 17. The van der Waals surface area contributed by atoms with E-state index in [9.17, 15) is 23.3 Å². The zero-order chi connectivity index (χ0) is 36.9. The second kappa shape index (κ2) is 21.9. The molecule has 0 saturated carbocycles. The van der Waals surface area contributed by atoms with Crippen molar-refractivity contribution in [2.45, 2.75) is 9.79 Å². The molecule has 1 heterocycles. The van der Waals surface area contributed by atoms with Gasteiger partial charge in [-0.25, -0.2) is 8.42 Å². The molecule has 270 valence electrons. The Morgan fingerprint density at radius 2 is 1.28 bits per heavy atom. The number of anilines is 5. The van der Waals surface area contributed by atoms with E-state index in [1.807, 2.05) is 0 Å². The fraction of sp³-hybridized carbons (Fsp3) is 0.129. The molecule has 0 amide bonds. The minimum absolute atomic E-state index is 0. The quantitative estimate of drug-likeness (QED) is 0.0236. The molecule has 0 atom stereocenters. The van der Waals surface area contributed by atoms with Gasteiger partial charge >= 0.3 is 59.1 Å². The average molecular weight is 795 g/mol. The summed E-state index contributed by atoms with van der Waals surface area (Å²) in [7, 11) is -1.73. The molecular formula is C31H28N10Na2O9S2. The number of ether oxygens (including phenoxy) is 2. The van der Waals surface area contributed by atoms with E-state index in [0.29, 0.717) is 44.8 Å². The maximum atomic E-state index is 11.4. The summed E-state index contributed by atoms with van der Waals surface area (Å²) in [6.07, 6.45) is 0. The Hall–Kier alpha value is -3.81. The van der Waals surface area contributed by atoms with Crippen molar-refractivity contribution in [3.8, 4) is 11.5 Å². The Bertz CT molecular complexity index is 2190. The van der Waals surface area contributed by atoms with Crippen LogP contribution in [0.1, 0.15) is 0 Å². The van der Waals surface area contributed by atoms with Gasteiger partial charge in [0.25, 0.3) is 0 Å². The molecule has 0 bridgehead atoms. The number of aliphatic hydroxyl groups is 1. The van der Waals surface area contributed by atoms with Crippen LogP contribution < -0.4 is 89.8 Å². The van der Waals surface area contributed by atoms with Crippen molar-refractivity contribution in [1.29, 1.82) is 0 Å². The SMILES string of the molecule is COc1cc(Nc2nc(NCCO)nc(Nc3ccc(N=Nc4cccc(S(=O)(=O)[O-])c4)c(OC)c3)n2)ccc1N=Nc1cccc(SOO[O-])c1.[Na+].[Na+]. The summed E-state index contributed by atoms with van der Waals surface area (Å²) in [5, 5.41) is 48.6. The van der Waals surface area contributed by atoms with E-state index >= 15 is 0 Å². The fourth-order valence-corrected chi connectivity index (χ4v) is 5.16. The second-order valence-electron chi connectivity index (χ2n) is 10.0.